The van der Waals surface area contributed by atoms with Gasteiger partial charge in [0.25, 0.3) is 0 Å². The van der Waals surface area contributed by atoms with Gasteiger partial charge >= 0.3 is 0 Å². The van der Waals surface area contributed by atoms with Gasteiger partial charge < -0.3 is 64.9 Å². The minimum Gasteiger partial charge on any atom is -0.394 e. The summed E-state index contributed by atoms with van der Waals surface area (Å²) in [5.74, 6) is 0.677. The molecule has 0 radical (unpaired) electrons. The highest BCUT2D eigenvalue weighted by Crippen LogP contribution is 2.71. The average molecular weight is 771 g/mol. The van der Waals surface area contributed by atoms with Crippen LogP contribution in [0, 0.1) is 45.8 Å². The average Bonchev–Trinajstić information content (AvgIpc) is 3.49. The molecule has 4 aliphatic carbocycles. The Hall–Kier alpha value is -0.780. The molecule has 20 atom stereocenters. The van der Waals surface area contributed by atoms with E-state index in [0.29, 0.717) is 31.6 Å². The summed E-state index contributed by atoms with van der Waals surface area (Å²) in [5.41, 5.74) is -0.332. The summed E-state index contributed by atoms with van der Waals surface area (Å²) in [6.45, 7) is 14.2. The molecule has 0 aromatic heterocycles. The van der Waals surface area contributed by atoms with Gasteiger partial charge in [-0.1, -0.05) is 39.3 Å². The van der Waals surface area contributed by atoms with Gasteiger partial charge in [-0.2, -0.15) is 0 Å². The highest BCUT2D eigenvalue weighted by atomic mass is 16.7. The van der Waals surface area contributed by atoms with E-state index in [-0.39, 0.29) is 46.0 Å². The fraction of sp³-hybridized carbons (Fsp3) is 0.951. The summed E-state index contributed by atoms with van der Waals surface area (Å²) in [5, 5.41) is 95.6. The van der Waals surface area contributed by atoms with Crippen LogP contribution in [0.5, 0.6) is 0 Å². The van der Waals surface area contributed by atoms with Gasteiger partial charge in [0.1, 0.15) is 48.8 Å². The standard InChI is InChI=1S/C41H70O13/c1-20(2)9-8-14-41(7,54-37-35(50)33(48)31(46)26(19-43)52-37)22-12-15-40(6)21-10-11-27-38(3,4)28(13-16-39(27,5)23(21)17-24(44)29(22)40)53-36-34(49)32(47)30(45)25(18-42)51-36/h9,21-37,42-50H,8,10-19H2,1-7H3. The van der Waals surface area contributed by atoms with Crippen LogP contribution < -0.4 is 0 Å². The number of aliphatic hydroxyl groups excluding tert-OH is 9. The molecule has 0 spiro atoms. The topological polar surface area (TPSA) is 219 Å². The van der Waals surface area contributed by atoms with Gasteiger partial charge in [-0.15, -0.1) is 0 Å². The van der Waals surface area contributed by atoms with Crippen molar-refractivity contribution in [2.45, 2.75) is 185 Å². The predicted octanol–water partition coefficient (Wildman–Crippen LogP) is 1.76. The van der Waals surface area contributed by atoms with E-state index in [4.69, 9.17) is 18.9 Å². The molecule has 6 aliphatic rings. The van der Waals surface area contributed by atoms with Crippen LogP contribution in [-0.2, 0) is 18.9 Å². The lowest BCUT2D eigenvalue weighted by Crippen LogP contribution is -2.65. The number of aliphatic hydroxyl groups is 9. The zero-order chi connectivity index (χ0) is 39.7. The van der Waals surface area contributed by atoms with Crippen LogP contribution in [0.2, 0.25) is 0 Å². The molecule has 9 N–H and O–H groups in total. The second-order valence-corrected chi connectivity index (χ2v) is 19.5. The van der Waals surface area contributed by atoms with Crippen molar-refractivity contribution in [1.29, 1.82) is 0 Å². The smallest absolute Gasteiger partial charge is 0.187 e. The molecular weight excluding hydrogens is 700 g/mol. The third-order valence-electron chi connectivity index (χ3n) is 15.9. The maximum Gasteiger partial charge on any atom is 0.187 e. The van der Waals surface area contributed by atoms with E-state index < -0.39 is 86.3 Å². The Morgan fingerprint density at radius 3 is 1.89 bits per heavy atom. The number of allylic oxidation sites excluding steroid dienone is 2. The lowest BCUT2D eigenvalue weighted by molar-refractivity contribution is -0.336. The summed E-state index contributed by atoms with van der Waals surface area (Å²) in [7, 11) is 0. The SMILES string of the molecule is CC(C)=CCCC(C)(OC1OC(CO)C(O)C(O)C1O)C1CCC2(C)C3CCC4C(C)(C)C(OC5OC(CO)C(O)C(O)C5O)CCC4(C)C3CC(O)C12. The largest absolute Gasteiger partial charge is 0.394 e. The molecule has 13 heteroatoms. The molecule has 0 amide bonds. The van der Waals surface area contributed by atoms with Crippen LogP contribution in [-0.4, -0.2) is 138 Å². The van der Waals surface area contributed by atoms with Crippen molar-refractivity contribution in [1.82, 2.24) is 0 Å². The van der Waals surface area contributed by atoms with E-state index in [1.54, 1.807) is 0 Å². The van der Waals surface area contributed by atoms with Crippen LogP contribution in [0.1, 0.15) is 106 Å². The zero-order valence-electron chi connectivity index (χ0n) is 33.3. The van der Waals surface area contributed by atoms with E-state index in [1.807, 2.05) is 20.8 Å². The van der Waals surface area contributed by atoms with E-state index >= 15 is 0 Å². The van der Waals surface area contributed by atoms with Crippen LogP contribution >= 0.6 is 0 Å². The lowest BCUT2D eigenvalue weighted by Gasteiger charge is -2.66. The van der Waals surface area contributed by atoms with E-state index in [1.165, 1.54) is 5.57 Å². The Bertz CT molecular complexity index is 1320. The number of ether oxygens (including phenoxy) is 4. The third-order valence-corrected chi connectivity index (χ3v) is 15.9. The summed E-state index contributed by atoms with van der Waals surface area (Å²) >= 11 is 0. The second-order valence-electron chi connectivity index (χ2n) is 19.5. The fourth-order valence-electron chi connectivity index (χ4n) is 12.9. The summed E-state index contributed by atoms with van der Waals surface area (Å²) in [6.07, 6.45) is -5.14. The highest BCUT2D eigenvalue weighted by molar-refractivity contribution is 5.16. The van der Waals surface area contributed by atoms with Crippen molar-refractivity contribution in [3.05, 3.63) is 11.6 Å². The molecule has 2 heterocycles. The van der Waals surface area contributed by atoms with E-state index in [2.05, 4.69) is 33.8 Å². The normalized spacial score (nSPS) is 51.4. The Morgan fingerprint density at radius 1 is 0.722 bits per heavy atom. The first-order chi connectivity index (χ1) is 25.2. The van der Waals surface area contributed by atoms with Crippen molar-refractivity contribution in [3.63, 3.8) is 0 Å². The third kappa shape index (κ3) is 7.17. The fourth-order valence-corrected chi connectivity index (χ4v) is 12.9. The van der Waals surface area contributed by atoms with Gasteiger partial charge in [0.15, 0.2) is 12.6 Å². The molecule has 312 valence electrons. The van der Waals surface area contributed by atoms with Crippen molar-refractivity contribution in [2.24, 2.45) is 45.8 Å². The molecule has 0 aromatic carbocycles. The maximum absolute atomic E-state index is 12.4. The predicted molar refractivity (Wildman–Crippen MR) is 196 cm³/mol. The molecule has 6 fully saturated rings. The molecule has 0 bridgehead atoms. The molecule has 13 nitrogen and oxygen atoms in total. The molecule has 2 saturated heterocycles. The van der Waals surface area contributed by atoms with Gasteiger partial charge in [0.05, 0.1) is 31.0 Å². The first kappa shape index (κ1) is 42.8. The lowest BCUT2D eigenvalue weighted by atomic mass is 9.39. The molecule has 54 heavy (non-hydrogen) atoms. The van der Waals surface area contributed by atoms with Gasteiger partial charge in [0.2, 0.25) is 0 Å². The van der Waals surface area contributed by atoms with Crippen LogP contribution in [0.4, 0.5) is 0 Å². The zero-order valence-corrected chi connectivity index (χ0v) is 33.3. The van der Waals surface area contributed by atoms with Crippen molar-refractivity contribution in [2.75, 3.05) is 13.2 Å². The molecule has 4 saturated carbocycles. The summed E-state index contributed by atoms with van der Waals surface area (Å²) in [4.78, 5) is 0. The van der Waals surface area contributed by atoms with Gasteiger partial charge in [-0.25, -0.2) is 0 Å². The van der Waals surface area contributed by atoms with Crippen molar-refractivity contribution in [3.8, 4) is 0 Å². The van der Waals surface area contributed by atoms with Crippen molar-refractivity contribution >= 4 is 0 Å². The molecule has 20 unspecified atom stereocenters. The molecular formula is C41H70O13. The monoisotopic (exact) mass is 770 g/mol. The molecule has 6 rings (SSSR count). The second kappa shape index (κ2) is 15.8. The number of hydrogen-bond donors (Lipinski definition) is 9. The number of fused-ring (bicyclic) bond motifs is 5. The van der Waals surface area contributed by atoms with Gasteiger partial charge in [-0.05, 0) is 124 Å². The minimum atomic E-state index is -1.55. The summed E-state index contributed by atoms with van der Waals surface area (Å²) in [6, 6.07) is 0. The first-order valence-corrected chi connectivity index (χ1v) is 20.5. The maximum atomic E-state index is 12.4. The van der Waals surface area contributed by atoms with E-state index in [9.17, 15) is 46.0 Å². The number of hydrogen-bond acceptors (Lipinski definition) is 13. The van der Waals surface area contributed by atoms with Crippen molar-refractivity contribution < 1.29 is 64.9 Å². The molecule has 0 aromatic rings. The van der Waals surface area contributed by atoms with Gasteiger partial charge in [-0.3, -0.25) is 0 Å². The quantitative estimate of drug-likeness (QED) is 0.114. The van der Waals surface area contributed by atoms with E-state index in [0.717, 1.165) is 32.1 Å². The Labute approximate surface area is 320 Å². The van der Waals surface area contributed by atoms with Crippen LogP contribution in [0.25, 0.3) is 0 Å². The Kier molecular flexibility index (Phi) is 12.5. The Morgan fingerprint density at radius 2 is 1.30 bits per heavy atom. The summed E-state index contributed by atoms with van der Waals surface area (Å²) < 4.78 is 24.8. The molecule has 2 aliphatic heterocycles. The van der Waals surface area contributed by atoms with Crippen LogP contribution in [0.3, 0.4) is 0 Å². The Balaban J connectivity index is 1.23. The number of rotatable bonds is 10. The minimum absolute atomic E-state index is 0.0824. The van der Waals surface area contributed by atoms with Crippen LogP contribution in [0.15, 0.2) is 11.6 Å². The highest BCUT2D eigenvalue weighted by Gasteiger charge is 2.68. The first-order valence-electron chi connectivity index (χ1n) is 20.5. The van der Waals surface area contributed by atoms with Gasteiger partial charge in [0, 0.05) is 0 Å².